The summed E-state index contributed by atoms with van der Waals surface area (Å²) < 4.78 is 49.4. The zero-order valence-corrected chi connectivity index (χ0v) is 17.5. The number of nitrogens with zero attached hydrogens (tertiary/aromatic N) is 1. The summed E-state index contributed by atoms with van der Waals surface area (Å²) in [4.78, 5) is 28.0. The van der Waals surface area contributed by atoms with Crippen LogP contribution in [0.5, 0.6) is 0 Å². The Hall–Kier alpha value is -2.46. The first-order chi connectivity index (χ1) is 14.7. The highest BCUT2D eigenvalue weighted by atomic mass is 19.4. The molecule has 2 rings (SSSR count). The van der Waals surface area contributed by atoms with Crippen LogP contribution in [-0.4, -0.2) is 53.9 Å². The van der Waals surface area contributed by atoms with E-state index in [2.05, 4.69) is 4.98 Å². The third-order valence-corrected chi connectivity index (χ3v) is 5.06. The molecule has 0 spiro atoms. The SMILES string of the molecule is CCC(CC)O[C@@H]1C=C(C(=O)OCCc2cccnc2)C[C@H](N)[C@H]1NC(=O)C(F)(F)F. The zero-order valence-electron chi connectivity index (χ0n) is 17.5. The Kier molecular flexibility index (Phi) is 9.00. The quantitative estimate of drug-likeness (QED) is 0.569. The minimum absolute atomic E-state index is 0.0443. The molecule has 0 unspecified atom stereocenters. The number of halogens is 3. The number of aromatic nitrogens is 1. The summed E-state index contributed by atoms with van der Waals surface area (Å²) in [6, 6.07) is 1.55. The summed E-state index contributed by atoms with van der Waals surface area (Å²) in [6.07, 6.45) is 0.0645. The molecule has 1 aliphatic rings. The van der Waals surface area contributed by atoms with E-state index in [4.69, 9.17) is 15.2 Å². The van der Waals surface area contributed by atoms with Crippen molar-refractivity contribution in [3.63, 3.8) is 0 Å². The third kappa shape index (κ3) is 7.32. The first kappa shape index (κ1) is 24.8. The van der Waals surface area contributed by atoms with Gasteiger partial charge in [-0.25, -0.2) is 4.79 Å². The maximum absolute atomic E-state index is 12.7. The van der Waals surface area contributed by atoms with Crippen LogP contribution in [0.4, 0.5) is 13.2 Å². The molecule has 0 radical (unpaired) electrons. The molecule has 0 bridgehead atoms. The van der Waals surface area contributed by atoms with Crippen LogP contribution in [0.1, 0.15) is 38.7 Å². The average Bonchev–Trinajstić information content (AvgIpc) is 2.73. The summed E-state index contributed by atoms with van der Waals surface area (Å²) in [7, 11) is 0. The van der Waals surface area contributed by atoms with E-state index in [9.17, 15) is 22.8 Å². The summed E-state index contributed by atoms with van der Waals surface area (Å²) in [5.74, 6) is -2.71. The summed E-state index contributed by atoms with van der Waals surface area (Å²) >= 11 is 0. The molecule has 1 aromatic rings. The smallest absolute Gasteiger partial charge is 0.462 e. The van der Waals surface area contributed by atoms with Gasteiger partial charge in [0.1, 0.15) is 0 Å². The van der Waals surface area contributed by atoms with E-state index in [0.29, 0.717) is 19.3 Å². The number of alkyl halides is 3. The van der Waals surface area contributed by atoms with Crippen molar-refractivity contribution in [3.05, 3.63) is 41.7 Å². The number of carbonyl (C=O) groups excluding carboxylic acids is 2. The Balaban J connectivity index is 2.11. The standard InChI is InChI=1S/C21H28F3N3O4/c1-3-15(4-2)31-17-11-14(10-16(25)18(17)27-20(29)21(22,23)24)19(28)30-9-7-13-6-5-8-26-12-13/h5-6,8,11-12,15-18H,3-4,7,9-10,25H2,1-2H3,(H,27,29)/t16-,17+,18+/m0/s1. The van der Waals surface area contributed by atoms with Crippen LogP contribution in [0, 0.1) is 0 Å². The Morgan fingerprint density at radius 3 is 2.61 bits per heavy atom. The van der Waals surface area contributed by atoms with E-state index in [1.54, 1.807) is 18.5 Å². The topological polar surface area (TPSA) is 104 Å². The van der Waals surface area contributed by atoms with Crippen LogP contribution in [0.15, 0.2) is 36.2 Å². The molecule has 1 heterocycles. The highest BCUT2D eigenvalue weighted by molar-refractivity contribution is 5.89. The third-order valence-electron chi connectivity index (χ3n) is 5.06. The fourth-order valence-electron chi connectivity index (χ4n) is 3.30. The van der Waals surface area contributed by atoms with Crippen LogP contribution in [-0.2, 0) is 25.5 Å². The maximum atomic E-state index is 12.7. The maximum Gasteiger partial charge on any atom is 0.471 e. The van der Waals surface area contributed by atoms with E-state index >= 15 is 0 Å². The minimum atomic E-state index is -5.05. The van der Waals surface area contributed by atoms with Gasteiger partial charge in [0.2, 0.25) is 0 Å². The largest absolute Gasteiger partial charge is 0.471 e. The first-order valence-electron chi connectivity index (χ1n) is 10.2. The second-order valence-electron chi connectivity index (χ2n) is 7.34. The van der Waals surface area contributed by atoms with Crippen molar-refractivity contribution in [1.29, 1.82) is 0 Å². The van der Waals surface area contributed by atoms with Crippen LogP contribution in [0.2, 0.25) is 0 Å². The van der Waals surface area contributed by atoms with Gasteiger partial charge >= 0.3 is 18.1 Å². The van der Waals surface area contributed by atoms with Crippen molar-refractivity contribution in [2.75, 3.05) is 6.61 Å². The van der Waals surface area contributed by atoms with Gasteiger partial charge in [0.05, 0.1) is 24.9 Å². The zero-order chi connectivity index (χ0) is 23.0. The van der Waals surface area contributed by atoms with Gasteiger partial charge in [0, 0.05) is 30.4 Å². The number of nitrogens with one attached hydrogen (secondary N) is 1. The molecule has 1 amide bonds. The molecule has 1 aromatic heterocycles. The second-order valence-corrected chi connectivity index (χ2v) is 7.34. The molecular weight excluding hydrogens is 415 g/mol. The van der Waals surface area contributed by atoms with Crippen molar-refractivity contribution in [3.8, 4) is 0 Å². The molecule has 0 saturated heterocycles. The number of nitrogens with two attached hydrogens (primary N) is 1. The van der Waals surface area contributed by atoms with E-state index in [1.165, 1.54) is 6.08 Å². The van der Waals surface area contributed by atoms with E-state index < -0.39 is 36.2 Å². The Morgan fingerprint density at radius 2 is 2.03 bits per heavy atom. The number of pyridine rings is 1. The fourth-order valence-corrected chi connectivity index (χ4v) is 3.30. The fraction of sp³-hybridized carbons (Fsp3) is 0.571. The van der Waals surface area contributed by atoms with Gasteiger partial charge in [0.25, 0.3) is 0 Å². The predicted molar refractivity (Wildman–Crippen MR) is 107 cm³/mol. The van der Waals surface area contributed by atoms with Crippen LogP contribution < -0.4 is 11.1 Å². The highest BCUT2D eigenvalue weighted by Gasteiger charge is 2.44. The summed E-state index contributed by atoms with van der Waals surface area (Å²) in [5.41, 5.74) is 7.16. The molecule has 172 valence electrons. The number of amides is 1. The predicted octanol–water partition coefficient (Wildman–Crippen LogP) is 2.45. The Labute approximate surface area is 179 Å². The van der Waals surface area contributed by atoms with E-state index in [1.807, 2.05) is 25.2 Å². The number of esters is 1. The lowest BCUT2D eigenvalue weighted by Gasteiger charge is -2.36. The van der Waals surface area contributed by atoms with Crippen molar-refractivity contribution in [2.24, 2.45) is 5.73 Å². The Bertz CT molecular complexity index is 767. The molecule has 31 heavy (non-hydrogen) atoms. The highest BCUT2D eigenvalue weighted by Crippen LogP contribution is 2.25. The summed E-state index contributed by atoms with van der Waals surface area (Å²) in [5, 5.41) is 1.92. The molecule has 0 saturated carbocycles. The lowest BCUT2D eigenvalue weighted by Crippen LogP contribution is -2.59. The summed E-state index contributed by atoms with van der Waals surface area (Å²) in [6.45, 7) is 3.86. The number of rotatable bonds is 9. The van der Waals surface area contributed by atoms with Crippen LogP contribution in [0.25, 0.3) is 0 Å². The normalized spacial score (nSPS) is 21.5. The number of ether oxygens (including phenoxy) is 2. The lowest BCUT2D eigenvalue weighted by molar-refractivity contribution is -0.175. The average molecular weight is 443 g/mol. The van der Waals surface area contributed by atoms with E-state index in [-0.39, 0.29) is 24.7 Å². The van der Waals surface area contributed by atoms with Crippen molar-refractivity contribution in [1.82, 2.24) is 10.3 Å². The lowest BCUT2D eigenvalue weighted by atomic mass is 9.88. The molecule has 0 aliphatic heterocycles. The number of hydrogen-bond acceptors (Lipinski definition) is 6. The Morgan fingerprint density at radius 1 is 1.32 bits per heavy atom. The molecular formula is C21H28F3N3O4. The number of hydrogen-bond donors (Lipinski definition) is 2. The minimum Gasteiger partial charge on any atom is -0.462 e. The van der Waals surface area contributed by atoms with Gasteiger partial charge in [-0.05, 0) is 37.0 Å². The van der Waals surface area contributed by atoms with Gasteiger partial charge in [-0.2, -0.15) is 13.2 Å². The van der Waals surface area contributed by atoms with E-state index in [0.717, 1.165) is 5.56 Å². The molecule has 3 N–H and O–H groups in total. The second kappa shape index (κ2) is 11.2. The van der Waals surface area contributed by atoms with Crippen molar-refractivity contribution >= 4 is 11.9 Å². The monoisotopic (exact) mass is 443 g/mol. The molecule has 10 heteroatoms. The van der Waals surface area contributed by atoms with Crippen molar-refractivity contribution in [2.45, 2.75) is 70.0 Å². The molecule has 0 fully saturated rings. The van der Waals surface area contributed by atoms with Crippen LogP contribution >= 0.6 is 0 Å². The molecule has 3 atom stereocenters. The van der Waals surface area contributed by atoms with Gasteiger partial charge < -0.3 is 20.5 Å². The van der Waals surface area contributed by atoms with Crippen molar-refractivity contribution < 1.29 is 32.2 Å². The van der Waals surface area contributed by atoms with Crippen LogP contribution in [0.3, 0.4) is 0 Å². The van der Waals surface area contributed by atoms with Gasteiger partial charge in [-0.1, -0.05) is 19.9 Å². The van der Waals surface area contributed by atoms with Gasteiger partial charge in [-0.15, -0.1) is 0 Å². The molecule has 1 aliphatic carbocycles. The number of carbonyl (C=O) groups is 2. The van der Waals surface area contributed by atoms with Gasteiger partial charge in [-0.3, -0.25) is 9.78 Å². The molecule has 0 aromatic carbocycles. The first-order valence-corrected chi connectivity index (χ1v) is 10.2. The van der Waals surface area contributed by atoms with Gasteiger partial charge in [0.15, 0.2) is 0 Å². The molecule has 7 nitrogen and oxygen atoms in total.